The summed E-state index contributed by atoms with van der Waals surface area (Å²) in [7, 11) is 0. The lowest BCUT2D eigenvalue weighted by molar-refractivity contribution is 0.353. The molecule has 2 heterocycles. The second kappa shape index (κ2) is 12.4. The van der Waals surface area contributed by atoms with Gasteiger partial charge in [-0.05, 0) is 76.1 Å². The van der Waals surface area contributed by atoms with E-state index in [4.69, 9.17) is 9.97 Å². The average molecular weight is 643 g/mol. The first-order chi connectivity index (χ1) is 24.7. The summed E-state index contributed by atoms with van der Waals surface area (Å²) in [6.45, 7) is 0. The van der Waals surface area contributed by atoms with Crippen molar-refractivity contribution in [3.8, 4) is 73.4 Å². The first kappa shape index (κ1) is 29.9. The van der Waals surface area contributed by atoms with Gasteiger partial charge in [-0.25, -0.2) is 9.97 Å². The number of fused-ring (bicyclic) bond motifs is 5. The van der Waals surface area contributed by atoms with Crippen molar-refractivity contribution in [3.05, 3.63) is 163 Å². The van der Waals surface area contributed by atoms with Crippen molar-refractivity contribution in [2.75, 3.05) is 0 Å². The van der Waals surface area contributed by atoms with Crippen LogP contribution in [0.15, 0.2) is 146 Å². The maximum absolute atomic E-state index is 10.0. The van der Waals surface area contributed by atoms with Crippen LogP contribution in [0.2, 0.25) is 0 Å². The van der Waals surface area contributed by atoms with Crippen molar-refractivity contribution in [1.82, 2.24) is 15.0 Å². The molecule has 7 aromatic rings. The van der Waals surface area contributed by atoms with Crippen LogP contribution in [-0.4, -0.2) is 15.0 Å². The fourth-order valence-corrected chi connectivity index (χ4v) is 8.17. The zero-order chi connectivity index (χ0) is 33.5. The van der Waals surface area contributed by atoms with Crippen LogP contribution in [0.3, 0.4) is 0 Å². The number of pyridine rings is 1. The molecule has 0 amide bonds. The van der Waals surface area contributed by atoms with Gasteiger partial charge in [0.1, 0.15) is 0 Å². The first-order valence-electron chi connectivity index (χ1n) is 17.4. The molecule has 2 aliphatic carbocycles. The van der Waals surface area contributed by atoms with Crippen LogP contribution in [0.5, 0.6) is 0 Å². The van der Waals surface area contributed by atoms with Crippen molar-refractivity contribution in [2.24, 2.45) is 0 Å². The summed E-state index contributed by atoms with van der Waals surface area (Å²) in [6.07, 6.45) is 9.66. The maximum Gasteiger partial charge on any atom is 0.160 e. The number of hydrogen-bond acceptors (Lipinski definition) is 4. The van der Waals surface area contributed by atoms with Gasteiger partial charge < -0.3 is 0 Å². The molecule has 9 rings (SSSR count). The standard InChI is InChI=1S/C46H34N4/c47-29-37-11-7-13-40-44(37)39-23-22-36(27-41(39)46(40)24-5-2-6-25-46)31-14-18-33(19-15-31)42-28-43(50-45(49-42)35-9-3-1-4-10-35)34-20-16-32(17-21-34)38-12-8-26-48-30-38/h1,3-4,7-23,26-28,30H,2,5-6,24-25H2. The van der Waals surface area contributed by atoms with E-state index in [2.05, 4.69) is 114 Å². The predicted octanol–water partition coefficient (Wildman–Crippen LogP) is 11.3. The van der Waals surface area contributed by atoms with Gasteiger partial charge in [-0.3, -0.25) is 4.98 Å². The first-order valence-corrected chi connectivity index (χ1v) is 17.4. The molecule has 0 bridgehead atoms. The quantitative estimate of drug-likeness (QED) is 0.187. The third-order valence-corrected chi connectivity index (χ3v) is 10.7. The van der Waals surface area contributed by atoms with Gasteiger partial charge in [0.15, 0.2) is 5.82 Å². The lowest BCUT2D eigenvalue weighted by Gasteiger charge is -2.36. The summed E-state index contributed by atoms with van der Waals surface area (Å²) in [6, 6.07) is 49.2. The second-order valence-corrected chi connectivity index (χ2v) is 13.5. The topological polar surface area (TPSA) is 62.5 Å². The van der Waals surface area contributed by atoms with Crippen molar-refractivity contribution in [2.45, 2.75) is 37.5 Å². The van der Waals surface area contributed by atoms with Crippen LogP contribution < -0.4 is 0 Å². The molecular weight excluding hydrogens is 609 g/mol. The smallest absolute Gasteiger partial charge is 0.160 e. The molecule has 1 spiro atoms. The molecule has 238 valence electrons. The monoisotopic (exact) mass is 642 g/mol. The normalized spacial score (nSPS) is 14.1. The third kappa shape index (κ3) is 5.11. The molecule has 0 aliphatic heterocycles. The lowest BCUT2D eigenvalue weighted by Crippen LogP contribution is -2.28. The molecule has 2 aromatic heterocycles. The van der Waals surface area contributed by atoms with Gasteiger partial charge in [0.25, 0.3) is 0 Å². The van der Waals surface area contributed by atoms with Gasteiger partial charge in [0.05, 0.1) is 23.0 Å². The molecule has 5 aromatic carbocycles. The van der Waals surface area contributed by atoms with E-state index in [1.54, 1.807) is 6.20 Å². The molecule has 0 atom stereocenters. The van der Waals surface area contributed by atoms with E-state index in [9.17, 15) is 5.26 Å². The van der Waals surface area contributed by atoms with Crippen LogP contribution in [0.4, 0.5) is 0 Å². The fourth-order valence-electron chi connectivity index (χ4n) is 8.17. The molecule has 1 fully saturated rings. The summed E-state index contributed by atoms with van der Waals surface area (Å²) < 4.78 is 0. The highest BCUT2D eigenvalue weighted by Gasteiger charge is 2.44. The van der Waals surface area contributed by atoms with Crippen LogP contribution in [-0.2, 0) is 5.41 Å². The molecule has 0 unspecified atom stereocenters. The van der Waals surface area contributed by atoms with Gasteiger partial charge in [0.2, 0.25) is 0 Å². The highest BCUT2D eigenvalue weighted by Crippen LogP contribution is 2.57. The number of rotatable bonds is 5. The Morgan fingerprint density at radius 2 is 1.16 bits per heavy atom. The fraction of sp³-hybridized carbons (Fsp3) is 0.130. The Morgan fingerprint density at radius 1 is 0.520 bits per heavy atom. The highest BCUT2D eigenvalue weighted by molar-refractivity contribution is 5.87. The average Bonchev–Trinajstić information content (AvgIpc) is 3.46. The van der Waals surface area contributed by atoms with Crippen molar-refractivity contribution in [1.29, 1.82) is 5.26 Å². The van der Waals surface area contributed by atoms with E-state index in [-0.39, 0.29) is 5.41 Å². The largest absolute Gasteiger partial charge is 0.264 e. The van der Waals surface area contributed by atoms with Crippen molar-refractivity contribution >= 4 is 0 Å². The molecule has 0 radical (unpaired) electrons. The summed E-state index contributed by atoms with van der Waals surface area (Å²) in [5.74, 6) is 0.700. The summed E-state index contributed by atoms with van der Waals surface area (Å²) in [5, 5.41) is 10.0. The molecule has 1 saturated carbocycles. The number of aromatic nitrogens is 3. The van der Waals surface area contributed by atoms with Gasteiger partial charge in [0, 0.05) is 40.1 Å². The Labute approximate surface area is 292 Å². The SMILES string of the molecule is N#Cc1cccc2c1-c1ccc(-c3ccc(-c4cc(-c5ccc(-c6cccnc6)cc5)nc(-c5ccccc5)n4)cc3)cc1C21CCCCC1. The zero-order valence-electron chi connectivity index (χ0n) is 27.7. The van der Waals surface area contributed by atoms with Crippen LogP contribution in [0, 0.1) is 11.3 Å². The van der Waals surface area contributed by atoms with Crippen molar-refractivity contribution < 1.29 is 0 Å². The molecule has 4 heteroatoms. The Balaban J connectivity index is 1.09. The Kier molecular flexibility index (Phi) is 7.40. The molecule has 0 saturated heterocycles. The van der Waals surface area contributed by atoms with E-state index in [1.807, 2.05) is 36.5 Å². The summed E-state index contributed by atoms with van der Waals surface area (Å²) in [4.78, 5) is 14.4. The van der Waals surface area contributed by atoms with Crippen LogP contribution in [0.1, 0.15) is 48.8 Å². The van der Waals surface area contributed by atoms with Gasteiger partial charge in [-0.15, -0.1) is 0 Å². The Morgan fingerprint density at radius 3 is 1.82 bits per heavy atom. The number of benzene rings is 5. The third-order valence-electron chi connectivity index (χ3n) is 10.7. The summed E-state index contributed by atoms with van der Waals surface area (Å²) >= 11 is 0. The van der Waals surface area contributed by atoms with Crippen LogP contribution >= 0.6 is 0 Å². The number of nitriles is 1. The van der Waals surface area contributed by atoms with Gasteiger partial charge in [-0.2, -0.15) is 5.26 Å². The Hall–Kier alpha value is -6.18. The van der Waals surface area contributed by atoms with Gasteiger partial charge in [-0.1, -0.05) is 128 Å². The second-order valence-electron chi connectivity index (χ2n) is 13.5. The minimum absolute atomic E-state index is 0.00683. The molecule has 2 aliphatic rings. The Bertz CT molecular complexity index is 2380. The minimum Gasteiger partial charge on any atom is -0.264 e. The molecule has 0 N–H and O–H groups in total. The van der Waals surface area contributed by atoms with Crippen molar-refractivity contribution in [3.63, 3.8) is 0 Å². The predicted molar refractivity (Wildman–Crippen MR) is 201 cm³/mol. The van der Waals surface area contributed by atoms with Crippen LogP contribution in [0.25, 0.3) is 67.3 Å². The van der Waals surface area contributed by atoms with E-state index in [1.165, 1.54) is 47.1 Å². The van der Waals surface area contributed by atoms with E-state index in [0.29, 0.717) is 5.82 Å². The highest BCUT2D eigenvalue weighted by atomic mass is 14.9. The number of nitrogens with zero attached hydrogens (tertiary/aromatic N) is 4. The van der Waals surface area contributed by atoms with E-state index >= 15 is 0 Å². The molecule has 4 nitrogen and oxygen atoms in total. The maximum atomic E-state index is 10.0. The van der Waals surface area contributed by atoms with E-state index in [0.717, 1.165) is 63.2 Å². The van der Waals surface area contributed by atoms with E-state index < -0.39 is 0 Å². The summed E-state index contributed by atoms with van der Waals surface area (Å²) in [5.41, 5.74) is 15.3. The number of hydrogen-bond donors (Lipinski definition) is 0. The van der Waals surface area contributed by atoms with Gasteiger partial charge >= 0.3 is 0 Å². The minimum atomic E-state index is -0.00683. The zero-order valence-corrected chi connectivity index (χ0v) is 27.7. The molecule has 50 heavy (non-hydrogen) atoms. The lowest BCUT2D eigenvalue weighted by atomic mass is 9.67. The molecular formula is C46H34N4.